The standard InChI is InChI=1S/C23H29ClFN5O2S/c1-6-33-20-27-17-15-12(26-18(24)16(17)25)7-8-13-14-9-10-23(5,11-29(13)19(15)28-20)30(14)21(31)32-22(2,3)4/h13-14H,6-11H2,1-5H3/t13-,14+,23-/m1/s1. The maximum Gasteiger partial charge on any atom is 0.411 e. The first-order chi connectivity index (χ1) is 15.5. The van der Waals surface area contributed by atoms with E-state index >= 15 is 4.39 Å². The molecular formula is C23H29ClFN5O2S. The van der Waals surface area contributed by atoms with Crippen LogP contribution in [0.4, 0.5) is 15.0 Å². The fourth-order valence-corrected chi connectivity index (χ4v) is 6.37. The van der Waals surface area contributed by atoms with Gasteiger partial charge in [-0.05, 0) is 59.1 Å². The lowest BCUT2D eigenvalue weighted by Crippen LogP contribution is -2.66. The van der Waals surface area contributed by atoms with Crippen LogP contribution in [0.1, 0.15) is 59.6 Å². The maximum atomic E-state index is 15.1. The van der Waals surface area contributed by atoms with Crippen LogP contribution in [-0.2, 0) is 11.2 Å². The first kappa shape index (κ1) is 22.9. The predicted octanol–water partition coefficient (Wildman–Crippen LogP) is 5.22. The summed E-state index contributed by atoms with van der Waals surface area (Å²) >= 11 is 7.63. The highest BCUT2D eigenvalue weighted by molar-refractivity contribution is 7.99. The number of pyridine rings is 1. The number of carbonyl (C=O) groups excluding carboxylic acids is 1. The Morgan fingerprint density at radius 2 is 2.03 bits per heavy atom. The number of thioether (sulfide) groups is 1. The number of hydrogen-bond donors (Lipinski definition) is 0. The lowest BCUT2D eigenvalue weighted by Gasteiger charge is -2.51. The average molecular weight is 494 g/mol. The number of piperazine rings is 1. The summed E-state index contributed by atoms with van der Waals surface area (Å²) < 4.78 is 20.9. The summed E-state index contributed by atoms with van der Waals surface area (Å²) in [7, 11) is 0. The summed E-state index contributed by atoms with van der Waals surface area (Å²) in [6, 6.07) is 0.0160. The Morgan fingerprint density at radius 3 is 2.73 bits per heavy atom. The average Bonchev–Trinajstić information content (AvgIpc) is 2.89. The number of rotatable bonds is 2. The molecule has 5 heterocycles. The second kappa shape index (κ2) is 7.83. The Morgan fingerprint density at radius 1 is 1.27 bits per heavy atom. The van der Waals surface area contributed by atoms with Gasteiger partial charge in [-0.2, -0.15) is 0 Å². The summed E-state index contributed by atoms with van der Waals surface area (Å²) in [5, 5.41) is 1.02. The Labute approximate surface area is 202 Å². The second-order valence-corrected chi connectivity index (χ2v) is 11.9. The first-order valence-corrected chi connectivity index (χ1v) is 12.9. The molecule has 10 heteroatoms. The van der Waals surface area contributed by atoms with E-state index in [1.165, 1.54) is 11.8 Å². The third kappa shape index (κ3) is 3.71. The van der Waals surface area contributed by atoms with Gasteiger partial charge in [-0.25, -0.2) is 24.1 Å². The zero-order valence-electron chi connectivity index (χ0n) is 19.6. The lowest BCUT2D eigenvalue weighted by molar-refractivity contribution is -0.00935. The summed E-state index contributed by atoms with van der Waals surface area (Å²) in [6.07, 6.45) is 2.88. The molecule has 1 amide bonds. The van der Waals surface area contributed by atoms with Gasteiger partial charge < -0.3 is 9.64 Å². The van der Waals surface area contributed by atoms with Crippen molar-refractivity contribution in [2.24, 2.45) is 0 Å². The van der Waals surface area contributed by atoms with Crippen LogP contribution >= 0.6 is 23.4 Å². The largest absolute Gasteiger partial charge is 0.444 e. The van der Waals surface area contributed by atoms with Crippen LogP contribution in [-0.4, -0.2) is 61.5 Å². The zero-order valence-corrected chi connectivity index (χ0v) is 21.2. The molecule has 2 bridgehead atoms. The molecule has 5 rings (SSSR count). The van der Waals surface area contributed by atoms with Gasteiger partial charge in [0.15, 0.2) is 16.1 Å². The number of aryl methyl sites for hydroxylation is 1. The minimum Gasteiger partial charge on any atom is -0.444 e. The topological polar surface area (TPSA) is 71.5 Å². The zero-order chi connectivity index (χ0) is 23.7. The predicted molar refractivity (Wildman–Crippen MR) is 128 cm³/mol. The number of halogens is 2. The number of amides is 1. The van der Waals surface area contributed by atoms with E-state index in [0.29, 0.717) is 29.3 Å². The van der Waals surface area contributed by atoms with Gasteiger partial charge in [0.25, 0.3) is 0 Å². The van der Waals surface area contributed by atoms with Gasteiger partial charge >= 0.3 is 6.09 Å². The monoisotopic (exact) mass is 493 g/mol. The minimum atomic E-state index is -0.600. The van der Waals surface area contributed by atoms with Gasteiger partial charge in [-0.1, -0.05) is 30.3 Å². The molecule has 0 aromatic carbocycles. The van der Waals surface area contributed by atoms with Crippen molar-refractivity contribution in [3.05, 3.63) is 16.7 Å². The van der Waals surface area contributed by atoms with Crippen LogP contribution in [0.15, 0.2) is 5.16 Å². The van der Waals surface area contributed by atoms with Crippen LogP contribution in [0.3, 0.4) is 0 Å². The third-order valence-corrected chi connectivity index (χ3v) is 7.82. The number of aromatic nitrogens is 3. The Bertz CT molecular complexity index is 1140. The highest BCUT2D eigenvalue weighted by atomic mass is 35.5. The molecule has 2 aromatic rings. The van der Waals surface area contributed by atoms with Crippen molar-refractivity contribution in [2.75, 3.05) is 17.2 Å². The number of carbonyl (C=O) groups is 1. The number of hydrogen-bond acceptors (Lipinski definition) is 7. The van der Waals surface area contributed by atoms with Crippen molar-refractivity contribution >= 4 is 46.2 Å². The van der Waals surface area contributed by atoms with Gasteiger partial charge in [-0.3, -0.25) is 4.90 Å². The number of ether oxygens (including phenoxy) is 1. The van der Waals surface area contributed by atoms with Crippen molar-refractivity contribution in [1.29, 1.82) is 0 Å². The molecule has 3 atom stereocenters. The highest BCUT2D eigenvalue weighted by Gasteiger charge is 2.56. The van der Waals surface area contributed by atoms with Crippen molar-refractivity contribution in [2.45, 2.75) is 88.7 Å². The quantitative estimate of drug-likeness (QED) is 0.322. The summed E-state index contributed by atoms with van der Waals surface area (Å²) in [6.45, 7) is 10.4. The van der Waals surface area contributed by atoms with Crippen LogP contribution in [0.2, 0.25) is 5.15 Å². The van der Waals surface area contributed by atoms with E-state index in [-0.39, 0.29) is 28.8 Å². The molecule has 0 N–H and O–H groups in total. The highest BCUT2D eigenvalue weighted by Crippen LogP contribution is 2.48. The molecule has 3 aliphatic heterocycles. The molecule has 0 aliphatic carbocycles. The van der Waals surface area contributed by atoms with Gasteiger partial charge in [-0.15, -0.1) is 0 Å². The van der Waals surface area contributed by atoms with E-state index in [1.807, 2.05) is 32.6 Å². The van der Waals surface area contributed by atoms with Crippen LogP contribution in [0.25, 0.3) is 10.9 Å². The number of anilines is 1. The first-order valence-electron chi connectivity index (χ1n) is 11.5. The molecule has 2 fully saturated rings. The second-order valence-electron chi connectivity index (χ2n) is 10.3. The van der Waals surface area contributed by atoms with Crippen molar-refractivity contribution < 1.29 is 13.9 Å². The van der Waals surface area contributed by atoms with E-state index in [4.69, 9.17) is 21.3 Å². The smallest absolute Gasteiger partial charge is 0.411 e. The van der Waals surface area contributed by atoms with Crippen molar-refractivity contribution in [1.82, 2.24) is 19.9 Å². The van der Waals surface area contributed by atoms with Gasteiger partial charge in [0.05, 0.1) is 28.7 Å². The fourth-order valence-electron chi connectivity index (χ4n) is 5.61. The molecular weight excluding hydrogens is 465 g/mol. The van der Waals surface area contributed by atoms with Crippen LogP contribution < -0.4 is 4.90 Å². The summed E-state index contributed by atoms with van der Waals surface area (Å²) in [5.41, 5.74) is -0.00766. The van der Waals surface area contributed by atoms with Crippen LogP contribution in [0, 0.1) is 5.82 Å². The van der Waals surface area contributed by atoms with Gasteiger partial charge in [0.2, 0.25) is 0 Å². The summed E-state index contributed by atoms with van der Waals surface area (Å²) in [4.78, 5) is 31.3. The normalized spacial score (nSPS) is 26.4. The molecule has 0 unspecified atom stereocenters. The molecule has 2 saturated heterocycles. The third-order valence-electron chi connectivity index (χ3n) is 6.84. The molecule has 0 spiro atoms. The minimum absolute atomic E-state index is 0.0134. The molecule has 0 saturated carbocycles. The SMILES string of the molecule is CCSc1nc2c3c(nc(Cl)c(F)c3n1)CC[C@@H]1[C@@H]3CC[C@](C)(CN21)N3C(=O)OC(C)(C)C. The Hall–Kier alpha value is -1.87. The van der Waals surface area contributed by atoms with E-state index in [1.54, 1.807) is 0 Å². The molecule has 33 heavy (non-hydrogen) atoms. The molecule has 2 aromatic heterocycles. The van der Waals surface area contributed by atoms with Crippen LogP contribution in [0.5, 0.6) is 0 Å². The van der Waals surface area contributed by atoms with E-state index in [0.717, 1.165) is 30.7 Å². The Balaban J connectivity index is 1.64. The summed E-state index contributed by atoms with van der Waals surface area (Å²) in [5.74, 6) is 0.879. The number of fused-ring (bicyclic) bond motifs is 5. The van der Waals surface area contributed by atoms with E-state index < -0.39 is 17.0 Å². The fraction of sp³-hybridized carbons (Fsp3) is 0.652. The molecule has 0 radical (unpaired) electrons. The van der Waals surface area contributed by atoms with Gasteiger partial charge in [0, 0.05) is 6.54 Å². The van der Waals surface area contributed by atoms with Crippen molar-refractivity contribution in [3.8, 4) is 0 Å². The number of nitrogens with zero attached hydrogens (tertiary/aromatic N) is 5. The molecule has 3 aliphatic rings. The maximum absolute atomic E-state index is 15.1. The van der Waals surface area contributed by atoms with E-state index in [9.17, 15) is 4.79 Å². The van der Waals surface area contributed by atoms with Gasteiger partial charge in [0.1, 0.15) is 16.9 Å². The lowest BCUT2D eigenvalue weighted by atomic mass is 9.94. The Kier molecular flexibility index (Phi) is 5.44. The van der Waals surface area contributed by atoms with Crippen molar-refractivity contribution in [3.63, 3.8) is 0 Å². The van der Waals surface area contributed by atoms with E-state index in [2.05, 4.69) is 21.8 Å². The molecule has 7 nitrogen and oxygen atoms in total. The molecule has 178 valence electrons.